The van der Waals surface area contributed by atoms with E-state index in [0.717, 1.165) is 21.7 Å². The fourth-order valence-corrected chi connectivity index (χ4v) is 12.0. The van der Waals surface area contributed by atoms with E-state index in [1.54, 1.807) is 32.1 Å². The second-order valence-corrected chi connectivity index (χ2v) is 9.78. The van der Waals surface area contributed by atoms with Gasteiger partial charge in [0.1, 0.15) is 0 Å². The van der Waals surface area contributed by atoms with E-state index in [1.165, 1.54) is 41.4 Å². The maximum Gasteiger partial charge on any atom is -0.0116 e. The van der Waals surface area contributed by atoms with Gasteiger partial charge in [-0.3, -0.25) is 0 Å². The van der Waals surface area contributed by atoms with Gasteiger partial charge in [-0.2, -0.15) is 0 Å². The van der Waals surface area contributed by atoms with Crippen LogP contribution in [0.4, 0.5) is 0 Å². The molecule has 10 aliphatic carbocycles. The Bertz CT molecular complexity index is 564. The van der Waals surface area contributed by atoms with Gasteiger partial charge < -0.3 is 0 Å². The van der Waals surface area contributed by atoms with Crippen LogP contribution in [0.3, 0.4) is 0 Å². The predicted octanol–water partition coefficient (Wildman–Crippen LogP) is 3.32. The van der Waals surface area contributed by atoms with Crippen LogP contribution < -0.4 is 0 Å². The lowest BCUT2D eigenvalue weighted by Crippen LogP contribution is -2.96. The van der Waals surface area contributed by atoms with E-state index >= 15 is 0 Å². The zero-order valence-electron chi connectivity index (χ0n) is 10.6. The highest BCUT2D eigenvalue weighted by atomic mass is 15.1. The Kier molecular flexibility index (Phi) is 0.640. The van der Waals surface area contributed by atoms with Gasteiger partial charge in [-0.25, -0.2) is 0 Å². The lowest BCUT2D eigenvalue weighted by molar-refractivity contribution is -0.536. The van der Waals surface area contributed by atoms with Crippen LogP contribution in [-0.4, -0.2) is 0 Å². The number of hydrogen-bond donors (Lipinski definition) is 0. The molecule has 0 N–H and O–H groups in total. The van der Waals surface area contributed by atoms with Crippen LogP contribution in [0, 0.1) is 63.1 Å². The zero-order chi connectivity index (χ0) is 10.6. The van der Waals surface area contributed by atoms with E-state index in [2.05, 4.69) is 6.92 Å². The maximum absolute atomic E-state index is 2.77. The first-order chi connectivity index (χ1) is 8.22. The topological polar surface area (TPSA) is 0 Å². The Morgan fingerprint density at radius 3 is 2.82 bits per heavy atom. The SMILES string of the molecule is CC12C3CC4C5CC3C1C1CC36CC2C4(C3)C156. The fraction of sp³-hybridized carbons (Fsp3) is 1.00. The Morgan fingerprint density at radius 2 is 1.88 bits per heavy atom. The lowest BCUT2D eigenvalue weighted by Gasteiger charge is -3.01. The molecule has 0 heteroatoms. The molecule has 10 aliphatic rings. The van der Waals surface area contributed by atoms with Crippen molar-refractivity contribution >= 4 is 0 Å². The molecule has 0 amide bonds. The standard InChI is InChI=1S/C17H20/c1-14-8-3-9-10-2-7(8)13(14)11-4-15-5-12(14)16(9,6-15)17(10,11)15/h7-13H,2-6H2,1H3. The molecular formula is C17H20. The summed E-state index contributed by atoms with van der Waals surface area (Å²) in [6, 6.07) is 0. The Hall–Kier alpha value is 0. The summed E-state index contributed by atoms with van der Waals surface area (Å²) >= 11 is 0. The summed E-state index contributed by atoms with van der Waals surface area (Å²) in [5.74, 6) is 8.68. The van der Waals surface area contributed by atoms with Crippen molar-refractivity contribution < 1.29 is 0 Å². The van der Waals surface area contributed by atoms with Crippen molar-refractivity contribution in [3.8, 4) is 0 Å². The molecule has 0 aromatic carbocycles. The van der Waals surface area contributed by atoms with Crippen molar-refractivity contribution in [3.05, 3.63) is 0 Å². The quantitative estimate of drug-likeness (QED) is 0.592. The molecule has 10 fully saturated rings. The van der Waals surface area contributed by atoms with Crippen molar-refractivity contribution in [3.63, 3.8) is 0 Å². The first kappa shape index (κ1) is 7.56. The molecule has 0 radical (unpaired) electrons. The Balaban J connectivity index is 1.62. The van der Waals surface area contributed by atoms with Gasteiger partial charge in [0.15, 0.2) is 0 Å². The highest BCUT2D eigenvalue weighted by Gasteiger charge is 3.06. The molecule has 0 heterocycles. The summed E-state index contributed by atoms with van der Waals surface area (Å²) in [6.07, 6.45) is 8.55. The van der Waals surface area contributed by atoms with Crippen molar-refractivity contribution in [1.82, 2.24) is 0 Å². The van der Waals surface area contributed by atoms with Crippen LogP contribution in [0.2, 0.25) is 0 Å². The smallest absolute Gasteiger partial charge is 0.0116 e. The van der Waals surface area contributed by atoms with Crippen molar-refractivity contribution in [1.29, 1.82) is 0 Å². The molecule has 10 saturated carbocycles. The average Bonchev–Trinajstić information content (AvgIpc) is 2.66. The van der Waals surface area contributed by atoms with E-state index in [1.807, 2.05) is 0 Å². The van der Waals surface area contributed by atoms with Crippen molar-refractivity contribution in [2.75, 3.05) is 0 Å². The van der Waals surface area contributed by atoms with E-state index in [-0.39, 0.29) is 0 Å². The summed E-state index contributed by atoms with van der Waals surface area (Å²) < 4.78 is 0. The summed E-state index contributed by atoms with van der Waals surface area (Å²) in [6.45, 7) is 2.77. The third-order valence-corrected chi connectivity index (χ3v) is 11.1. The molecular weight excluding hydrogens is 204 g/mol. The monoisotopic (exact) mass is 224 g/mol. The maximum atomic E-state index is 2.77. The van der Waals surface area contributed by atoms with E-state index in [0.29, 0.717) is 0 Å². The third kappa shape index (κ3) is 0.314. The molecule has 0 aromatic rings. The fourth-order valence-electron chi connectivity index (χ4n) is 12.0. The summed E-state index contributed by atoms with van der Waals surface area (Å²) in [4.78, 5) is 0. The van der Waals surface area contributed by atoms with Gasteiger partial charge in [-0.1, -0.05) is 6.92 Å². The van der Waals surface area contributed by atoms with Crippen LogP contribution in [0.15, 0.2) is 0 Å². The summed E-state index contributed by atoms with van der Waals surface area (Å²) in [5.41, 5.74) is 3.83. The molecule has 0 aliphatic heterocycles. The number of rotatable bonds is 0. The van der Waals surface area contributed by atoms with Crippen LogP contribution in [-0.2, 0) is 0 Å². The molecule has 17 heavy (non-hydrogen) atoms. The second-order valence-electron chi connectivity index (χ2n) is 9.78. The highest BCUT2D eigenvalue weighted by Crippen LogP contribution is 3.11. The molecule has 3 spiro atoms. The van der Waals surface area contributed by atoms with Crippen LogP contribution in [0.1, 0.15) is 39.0 Å². The van der Waals surface area contributed by atoms with Gasteiger partial charge in [-0.15, -0.1) is 0 Å². The zero-order valence-corrected chi connectivity index (χ0v) is 10.6. The van der Waals surface area contributed by atoms with Crippen LogP contribution in [0.25, 0.3) is 0 Å². The second kappa shape index (κ2) is 1.44. The Morgan fingerprint density at radius 1 is 0.941 bits per heavy atom. The largest absolute Gasteiger partial charge is 0.0588 e. The normalized spacial score (nSPS) is 96.9. The van der Waals surface area contributed by atoms with E-state index in [9.17, 15) is 0 Å². The molecule has 10 bridgehead atoms. The summed E-state index contributed by atoms with van der Waals surface area (Å²) in [7, 11) is 0. The average molecular weight is 224 g/mol. The van der Waals surface area contributed by atoms with E-state index in [4.69, 9.17) is 0 Å². The molecule has 10 rings (SSSR count). The molecule has 0 aromatic heterocycles. The van der Waals surface area contributed by atoms with Crippen LogP contribution in [0.5, 0.6) is 0 Å². The van der Waals surface area contributed by atoms with Gasteiger partial charge in [0, 0.05) is 0 Å². The van der Waals surface area contributed by atoms with Gasteiger partial charge in [-0.05, 0) is 95.2 Å². The number of hydrogen-bond acceptors (Lipinski definition) is 0. The van der Waals surface area contributed by atoms with Crippen molar-refractivity contribution in [2.24, 2.45) is 63.1 Å². The van der Waals surface area contributed by atoms with E-state index < -0.39 is 0 Å². The molecule has 88 valence electrons. The Labute approximate surface area is 103 Å². The van der Waals surface area contributed by atoms with Crippen molar-refractivity contribution in [2.45, 2.75) is 39.0 Å². The van der Waals surface area contributed by atoms with Gasteiger partial charge >= 0.3 is 0 Å². The minimum atomic E-state index is 0.871. The molecule has 0 saturated heterocycles. The summed E-state index contributed by atoms with van der Waals surface area (Å²) in [5, 5.41) is 0. The lowest BCUT2D eigenvalue weighted by atomic mass is 9.03. The molecule has 11 unspecified atom stereocenters. The minimum Gasteiger partial charge on any atom is -0.0588 e. The predicted molar refractivity (Wildman–Crippen MR) is 62.9 cm³/mol. The minimum absolute atomic E-state index is 0.871. The van der Waals surface area contributed by atoms with Crippen LogP contribution >= 0.6 is 0 Å². The third-order valence-electron chi connectivity index (χ3n) is 11.1. The highest BCUT2D eigenvalue weighted by molar-refractivity contribution is 5.53. The molecule has 11 atom stereocenters. The first-order valence-electron chi connectivity index (χ1n) is 8.22. The molecule has 0 nitrogen and oxygen atoms in total. The van der Waals surface area contributed by atoms with Gasteiger partial charge in [0.05, 0.1) is 0 Å². The first-order valence-corrected chi connectivity index (χ1v) is 8.22. The van der Waals surface area contributed by atoms with Gasteiger partial charge in [0.25, 0.3) is 0 Å². The van der Waals surface area contributed by atoms with Gasteiger partial charge in [0.2, 0.25) is 0 Å².